The van der Waals surface area contributed by atoms with Crippen LogP contribution >= 0.6 is 0 Å². The van der Waals surface area contributed by atoms with Gasteiger partial charge in [-0.25, -0.2) is 4.98 Å². The van der Waals surface area contributed by atoms with E-state index < -0.39 is 12.0 Å². The van der Waals surface area contributed by atoms with E-state index in [0.717, 1.165) is 22.2 Å². The summed E-state index contributed by atoms with van der Waals surface area (Å²) < 4.78 is 1.66. The SMILES string of the molecule is Cc1ccccc1C(CC(=O)O)NC(=O)c1cnc2c(c1)c(C)nn2C. The molecule has 1 atom stereocenters. The second-order valence-corrected chi connectivity index (χ2v) is 6.28. The highest BCUT2D eigenvalue weighted by molar-refractivity contribution is 5.97. The van der Waals surface area contributed by atoms with Crippen LogP contribution in [0.3, 0.4) is 0 Å². The van der Waals surface area contributed by atoms with E-state index in [1.54, 1.807) is 17.8 Å². The molecule has 0 saturated carbocycles. The smallest absolute Gasteiger partial charge is 0.305 e. The van der Waals surface area contributed by atoms with Crippen LogP contribution in [0.5, 0.6) is 0 Å². The first kappa shape index (κ1) is 17.6. The normalized spacial score (nSPS) is 12.1. The Hall–Kier alpha value is -3.22. The number of carbonyl (C=O) groups is 2. The Bertz CT molecular complexity index is 994. The molecule has 0 bridgehead atoms. The number of aryl methyl sites for hydroxylation is 3. The van der Waals surface area contributed by atoms with E-state index in [1.165, 1.54) is 6.20 Å². The third-order valence-electron chi connectivity index (χ3n) is 4.37. The number of carbonyl (C=O) groups excluding carboxylic acids is 1. The van der Waals surface area contributed by atoms with Gasteiger partial charge < -0.3 is 10.4 Å². The quantitative estimate of drug-likeness (QED) is 0.735. The average molecular weight is 352 g/mol. The first-order valence-corrected chi connectivity index (χ1v) is 8.24. The minimum atomic E-state index is -0.977. The third kappa shape index (κ3) is 3.42. The number of hydrogen-bond acceptors (Lipinski definition) is 4. The van der Waals surface area contributed by atoms with Crippen molar-refractivity contribution >= 4 is 22.9 Å². The molecule has 134 valence electrons. The second kappa shape index (κ2) is 6.95. The summed E-state index contributed by atoms with van der Waals surface area (Å²) in [6, 6.07) is 8.54. The highest BCUT2D eigenvalue weighted by Gasteiger charge is 2.21. The minimum absolute atomic E-state index is 0.196. The molecule has 2 heterocycles. The minimum Gasteiger partial charge on any atom is -0.481 e. The number of carboxylic acids is 1. The van der Waals surface area contributed by atoms with Crippen LogP contribution in [0.2, 0.25) is 0 Å². The fourth-order valence-electron chi connectivity index (χ4n) is 3.06. The van der Waals surface area contributed by atoms with Crippen LogP contribution in [0.4, 0.5) is 0 Å². The summed E-state index contributed by atoms with van der Waals surface area (Å²) in [5.41, 5.74) is 3.56. The van der Waals surface area contributed by atoms with Gasteiger partial charge in [0, 0.05) is 18.6 Å². The zero-order valence-corrected chi connectivity index (χ0v) is 14.9. The maximum Gasteiger partial charge on any atom is 0.305 e. The van der Waals surface area contributed by atoms with Gasteiger partial charge in [-0.3, -0.25) is 14.3 Å². The molecule has 2 aromatic heterocycles. The molecule has 0 aliphatic heterocycles. The predicted octanol–water partition coefficient (Wildman–Crippen LogP) is 2.53. The molecule has 1 aromatic carbocycles. The van der Waals surface area contributed by atoms with E-state index in [0.29, 0.717) is 11.2 Å². The highest BCUT2D eigenvalue weighted by atomic mass is 16.4. The third-order valence-corrected chi connectivity index (χ3v) is 4.37. The van der Waals surface area contributed by atoms with Gasteiger partial charge in [0.05, 0.1) is 23.7 Å². The molecule has 0 aliphatic rings. The molecule has 0 radical (unpaired) electrons. The Morgan fingerprint density at radius 2 is 2.00 bits per heavy atom. The fraction of sp³-hybridized carbons (Fsp3) is 0.263. The van der Waals surface area contributed by atoms with Crippen LogP contribution < -0.4 is 5.32 Å². The molecular weight excluding hydrogens is 332 g/mol. The van der Waals surface area contributed by atoms with Gasteiger partial charge in [0.2, 0.25) is 0 Å². The largest absolute Gasteiger partial charge is 0.481 e. The van der Waals surface area contributed by atoms with Crippen molar-refractivity contribution in [1.82, 2.24) is 20.1 Å². The Morgan fingerprint density at radius 3 is 2.69 bits per heavy atom. The lowest BCUT2D eigenvalue weighted by atomic mass is 9.98. The molecule has 7 nitrogen and oxygen atoms in total. The van der Waals surface area contributed by atoms with Crippen molar-refractivity contribution in [2.75, 3.05) is 0 Å². The van der Waals surface area contributed by atoms with Gasteiger partial charge in [0.15, 0.2) is 5.65 Å². The molecule has 0 aliphatic carbocycles. The lowest BCUT2D eigenvalue weighted by molar-refractivity contribution is -0.137. The molecule has 7 heteroatoms. The molecule has 26 heavy (non-hydrogen) atoms. The van der Waals surface area contributed by atoms with Crippen LogP contribution in [-0.4, -0.2) is 31.7 Å². The molecule has 3 rings (SSSR count). The number of nitrogens with zero attached hydrogens (tertiary/aromatic N) is 3. The number of hydrogen-bond donors (Lipinski definition) is 2. The maximum absolute atomic E-state index is 12.7. The molecule has 2 N–H and O–H groups in total. The Balaban J connectivity index is 1.91. The monoisotopic (exact) mass is 352 g/mol. The topological polar surface area (TPSA) is 97.1 Å². The Kier molecular flexibility index (Phi) is 4.71. The van der Waals surface area contributed by atoms with Crippen molar-refractivity contribution in [1.29, 1.82) is 0 Å². The van der Waals surface area contributed by atoms with E-state index in [-0.39, 0.29) is 12.3 Å². The number of carboxylic acid groups (broad SMARTS) is 1. The molecule has 0 fully saturated rings. The molecular formula is C19H20N4O3. The van der Waals surface area contributed by atoms with Gasteiger partial charge in [-0.2, -0.15) is 5.10 Å². The highest BCUT2D eigenvalue weighted by Crippen LogP contribution is 2.22. The molecule has 1 unspecified atom stereocenters. The summed E-state index contributed by atoms with van der Waals surface area (Å²) >= 11 is 0. The standard InChI is InChI=1S/C19H20N4O3/c1-11-6-4-5-7-14(11)16(9-17(24)25)21-19(26)13-8-15-12(2)22-23(3)18(15)20-10-13/h4-8,10,16H,9H2,1-3H3,(H,21,26)(H,24,25). The van der Waals surface area contributed by atoms with E-state index >= 15 is 0 Å². The van der Waals surface area contributed by atoms with E-state index in [2.05, 4.69) is 15.4 Å². The van der Waals surface area contributed by atoms with Gasteiger partial charge >= 0.3 is 5.97 Å². The van der Waals surface area contributed by atoms with E-state index in [1.807, 2.05) is 38.1 Å². The van der Waals surface area contributed by atoms with Crippen molar-refractivity contribution < 1.29 is 14.7 Å². The Labute approximate surface area is 150 Å². The van der Waals surface area contributed by atoms with Crippen molar-refractivity contribution in [3.05, 3.63) is 58.9 Å². The Morgan fingerprint density at radius 1 is 1.27 bits per heavy atom. The number of aromatic nitrogens is 3. The zero-order valence-electron chi connectivity index (χ0n) is 14.9. The number of pyridine rings is 1. The van der Waals surface area contributed by atoms with E-state index in [4.69, 9.17) is 0 Å². The van der Waals surface area contributed by atoms with Gasteiger partial charge in [-0.05, 0) is 31.0 Å². The van der Waals surface area contributed by atoms with Crippen molar-refractivity contribution in [2.24, 2.45) is 7.05 Å². The van der Waals surface area contributed by atoms with Crippen LogP contribution in [0.15, 0.2) is 36.5 Å². The number of rotatable bonds is 5. The van der Waals surface area contributed by atoms with Crippen molar-refractivity contribution in [3.63, 3.8) is 0 Å². The van der Waals surface area contributed by atoms with Crippen LogP contribution in [-0.2, 0) is 11.8 Å². The number of aliphatic carboxylic acids is 1. The number of fused-ring (bicyclic) bond motifs is 1. The average Bonchev–Trinajstić information content (AvgIpc) is 2.88. The lowest BCUT2D eigenvalue weighted by Gasteiger charge is -2.19. The summed E-state index contributed by atoms with van der Waals surface area (Å²) in [5, 5.41) is 17.1. The van der Waals surface area contributed by atoms with Gasteiger partial charge in [-0.1, -0.05) is 24.3 Å². The summed E-state index contributed by atoms with van der Waals surface area (Å²) in [6.45, 7) is 3.75. The predicted molar refractivity (Wildman–Crippen MR) is 96.9 cm³/mol. The second-order valence-electron chi connectivity index (χ2n) is 6.28. The fourth-order valence-corrected chi connectivity index (χ4v) is 3.06. The summed E-state index contributed by atoms with van der Waals surface area (Å²) in [5.74, 6) is -1.34. The molecule has 0 spiro atoms. The van der Waals surface area contributed by atoms with Crippen LogP contribution in [0.25, 0.3) is 11.0 Å². The molecule has 1 amide bonds. The number of nitrogens with one attached hydrogen (secondary N) is 1. The zero-order chi connectivity index (χ0) is 18.8. The molecule has 0 saturated heterocycles. The van der Waals surface area contributed by atoms with Crippen LogP contribution in [0, 0.1) is 13.8 Å². The molecule has 3 aromatic rings. The summed E-state index contributed by atoms with van der Waals surface area (Å²) in [6.07, 6.45) is 1.28. The van der Waals surface area contributed by atoms with Gasteiger partial charge in [0.1, 0.15) is 0 Å². The maximum atomic E-state index is 12.7. The summed E-state index contributed by atoms with van der Waals surface area (Å²) in [7, 11) is 1.79. The first-order valence-electron chi connectivity index (χ1n) is 8.24. The van der Waals surface area contributed by atoms with Crippen molar-refractivity contribution in [2.45, 2.75) is 26.3 Å². The first-order chi connectivity index (χ1) is 12.4. The van der Waals surface area contributed by atoms with E-state index in [9.17, 15) is 14.7 Å². The summed E-state index contributed by atoms with van der Waals surface area (Å²) in [4.78, 5) is 28.3. The van der Waals surface area contributed by atoms with Crippen molar-refractivity contribution in [3.8, 4) is 0 Å². The van der Waals surface area contributed by atoms with Crippen LogP contribution in [0.1, 0.15) is 39.6 Å². The van der Waals surface area contributed by atoms with Gasteiger partial charge in [0.25, 0.3) is 5.91 Å². The number of amides is 1. The lowest BCUT2D eigenvalue weighted by Crippen LogP contribution is -2.30. The van der Waals surface area contributed by atoms with Gasteiger partial charge in [-0.15, -0.1) is 0 Å². The number of benzene rings is 1.